The Morgan fingerprint density at radius 2 is 1.90 bits per heavy atom. The Morgan fingerprint density at radius 3 is 2.50 bits per heavy atom. The summed E-state index contributed by atoms with van der Waals surface area (Å²) in [5.74, 6) is 1.64. The molecular weight excluding hydrogens is 254 g/mol. The molecule has 0 aliphatic carbocycles. The Kier molecular flexibility index (Phi) is 4.68. The van der Waals surface area contributed by atoms with Gasteiger partial charge in [0.2, 0.25) is 0 Å². The Labute approximate surface area is 119 Å². The molecule has 0 bridgehead atoms. The first-order valence-electron chi connectivity index (χ1n) is 6.90. The SMILES string of the molecule is CCNC(C)c1nnnn1-c1ccc(OC(C)C)cc1. The predicted octanol–water partition coefficient (Wildman–Crippen LogP) is 2.12. The van der Waals surface area contributed by atoms with Crippen LogP contribution in [-0.4, -0.2) is 32.9 Å². The molecule has 6 nitrogen and oxygen atoms in total. The monoisotopic (exact) mass is 275 g/mol. The number of rotatable bonds is 6. The van der Waals surface area contributed by atoms with Gasteiger partial charge in [0, 0.05) is 0 Å². The average Bonchev–Trinajstić information content (AvgIpc) is 2.88. The van der Waals surface area contributed by atoms with Crippen molar-refractivity contribution >= 4 is 0 Å². The molecule has 0 spiro atoms. The van der Waals surface area contributed by atoms with Crippen molar-refractivity contribution in [3.63, 3.8) is 0 Å². The van der Waals surface area contributed by atoms with E-state index in [0.717, 1.165) is 23.8 Å². The topological polar surface area (TPSA) is 64.9 Å². The van der Waals surface area contributed by atoms with Crippen molar-refractivity contribution in [3.05, 3.63) is 30.1 Å². The summed E-state index contributed by atoms with van der Waals surface area (Å²) in [4.78, 5) is 0. The van der Waals surface area contributed by atoms with Gasteiger partial charge < -0.3 is 10.1 Å². The van der Waals surface area contributed by atoms with Crippen LogP contribution in [0.4, 0.5) is 0 Å². The molecule has 1 aromatic carbocycles. The summed E-state index contributed by atoms with van der Waals surface area (Å²) in [6.45, 7) is 8.98. The third kappa shape index (κ3) is 3.33. The lowest BCUT2D eigenvalue weighted by Gasteiger charge is -2.13. The predicted molar refractivity (Wildman–Crippen MR) is 77.0 cm³/mol. The van der Waals surface area contributed by atoms with E-state index in [9.17, 15) is 0 Å². The minimum absolute atomic E-state index is 0.0987. The zero-order valence-electron chi connectivity index (χ0n) is 12.4. The Bertz CT molecular complexity index is 535. The van der Waals surface area contributed by atoms with Crippen molar-refractivity contribution in [1.29, 1.82) is 0 Å². The number of benzene rings is 1. The van der Waals surface area contributed by atoms with Crippen molar-refractivity contribution in [1.82, 2.24) is 25.5 Å². The molecule has 2 rings (SSSR count). The Balaban J connectivity index is 2.22. The third-order valence-corrected chi connectivity index (χ3v) is 2.84. The summed E-state index contributed by atoms with van der Waals surface area (Å²) in [7, 11) is 0. The van der Waals surface area contributed by atoms with Gasteiger partial charge in [-0.25, -0.2) is 0 Å². The van der Waals surface area contributed by atoms with E-state index in [1.54, 1.807) is 4.68 Å². The lowest BCUT2D eigenvalue weighted by Crippen LogP contribution is -2.21. The minimum Gasteiger partial charge on any atom is -0.491 e. The summed E-state index contributed by atoms with van der Waals surface area (Å²) >= 11 is 0. The zero-order chi connectivity index (χ0) is 14.5. The van der Waals surface area contributed by atoms with Crippen LogP contribution >= 0.6 is 0 Å². The van der Waals surface area contributed by atoms with Crippen molar-refractivity contribution in [2.24, 2.45) is 0 Å². The molecule has 1 atom stereocenters. The second kappa shape index (κ2) is 6.47. The molecule has 1 N–H and O–H groups in total. The van der Waals surface area contributed by atoms with E-state index in [0.29, 0.717) is 0 Å². The number of hydrogen-bond donors (Lipinski definition) is 1. The number of nitrogens with zero attached hydrogens (tertiary/aromatic N) is 4. The van der Waals surface area contributed by atoms with Crippen LogP contribution < -0.4 is 10.1 Å². The van der Waals surface area contributed by atoms with Gasteiger partial charge in [0.05, 0.1) is 17.8 Å². The smallest absolute Gasteiger partial charge is 0.173 e. The summed E-state index contributed by atoms with van der Waals surface area (Å²) in [5.41, 5.74) is 0.922. The maximum atomic E-state index is 5.63. The van der Waals surface area contributed by atoms with Crippen LogP contribution in [0.15, 0.2) is 24.3 Å². The van der Waals surface area contributed by atoms with Gasteiger partial charge in [-0.15, -0.1) is 5.10 Å². The van der Waals surface area contributed by atoms with Gasteiger partial charge in [0.1, 0.15) is 5.75 Å². The molecule has 108 valence electrons. The van der Waals surface area contributed by atoms with E-state index in [1.807, 2.05) is 45.0 Å². The van der Waals surface area contributed by atoms with Gasteiger partial charge in [-0.05, 0) is 62.0 Å². The third-order valence-electron chi connectivity index (χ3n) is 2.84. The fourth-order valence-electron chi connectivity index (χ4n) is 1.98. The molecule has 0 aliphatic heterocycles. The highest BCUT2D eigenvalue weighted by Crippen LogP contribution is 2.18. The highest BCUT2D eigenvalue weighted by atomic mass is 16.5. The van der Waals surface area contributed by atoms with E-state index in [4.69, 9.17) is 4.74 Å². The minimum atomic E-state index is 0.0987. The molecule has 2 aromatic rings. The van der Waals surface area contributed by atoms with Crippen molar-refractivity contribution in [2.75, 3.05) is 6.54 Å². The molecule has 0 saturated heterocycles. The second-order valence-electron chi connectivity index (χ2n) is 4.89. The molecule has 1 unspecified atom stereocenters. The molecule has 1 aromatic heterocycles. The van der Waals surface area contributed by atoms with Crippen LogP contribution in [0.1, 0.15) is 39.6 Å². The number of tetrazole rings is 1. The number of hydrogen-bond acceptors (Lipinski definition) is 5. The molecule has 6 heteroatoms. The Morgan fingerprint density at radius 1 is 1.20 bits per heavy atom. The summed E-state index contributed by atoms with van der Waals surface area (Å²) < 4.78 is 7.37. The van der Waals surface area contributed by atoms with Gasteiger partial charge >= 0.3 is 0 Å². The molecule has 0 radical (unpaired) electrons. The van der Waals surface area contributed by atoms with E-state index >= 15 is 0 Å². The first-order valence-corrected chi connectivity index (χ1v) is 6.90. The van der Waals surface area contributed by atoms with Gasteiger partial charge in [-0.3, -0.25) is 0 Å². The maximum Gasteiger partial charge on any atom is 0.173 e. The number of nitrogens with one attached hydrogen (secondary N) is 1. The second-order valence-corrected chi connectivity index (χ2v) is 4.89. The summed E-state index contributed by atoms with van der Waals surface area (Å²) in [6.07, 6.45) is 0.165. The van der Waals surface area contributed by atoms with Crippen molar-refractivity contribution in [3.8, 4) is 11.4 Å². The highest BCUT2D eigenvalue weighted by Gasteiger charge is 2.14. The normalized spacial score (nSPS) is 12.7. The first kappa shape index (κ1) is 14.5. The molecule has 1 heterocycles. The zero-order valence-corrected chi connectivity index (χ0v) is 12.4. The van der Waals surface area contributed by atoms with Crippen LogP contribution in [0.5, 0.6) is 5.75 Å². The quantitative estimate of drug-likeness (QED) is 0.874. The molecule has 0 fully saturated rings. The lowest BCUT2D eigenvalue weighted by molar-refractivity contribution is 0.242. The van der Waals surface area contributed by atoms with E-state index in [-0.39, 0.29) is 12.1 Å². The van der Waals surface area contributed by atoms with E-state index in [1.165, 1.54) is 0 Å². The first-order chi connectivity index (χ1) is 9.61. The van der Waals surface area contributed by atoms with Gasteiger partial charge in [-0.2, -0.15) is 4.68 Å². The Hall–Kier alpha value is -1.95. The fourth-order valence-corrected chi connectivity index (χ4v) is 1.98. The number of ether oxygens (including phenoxy) is 1. The molecule has 20 heavy (non-hydrogen) atoms. The van der Waals surface area contributed by atoms with Crippen molar-refractivity contribution in [2.45, 2.75) is 39.8 Å². The maximum absolute atomic E-state index is 5.63. The fraction of sp³-hybridized carbons (Fsp3) is 0.500. The molecule has 0 saturated carbocycles. The van der Waals surface area contributed by atoms with E-state index < -0.39 is 0 Å². The molecular formula is C14H21N5O. The molecule has 0 amide bonds. The summed E-state index contributed by atoms with van der Waals surface area (Å²) in [6, 6.07) is 7.87. The van der Waals surface area contributed by atoms with Crippen LogP contribution in [0.3, 0.4) is 0 Å². The van der Waals surface area contributed by atoms with Crippen LogP contribution in [0, 0.1) is 0 Å². The number of aromatic nitrogens is 4. The van der Waals surface area contributed by atoms with Gasteiger partial charge in [-0.1, -0.05) is 6.92 Å². The van der Waals surface area contributed by atoms with Crippen LogP contribution in [0.25, 0.3) is 5.69 Å². The van der Waals surface area contributed by atoms with E-state index in [2.05, 4.69) is 27.8 Å². The standard InChI is InChI=1S/C14H21N5O/c1-5-15-11(4)14-16-17-18-19(14)12-6-8-13(9-7-12)20-10(2)3/h6-11,15H,5H2,1-4H3. The van der Waals surface area contributed by atoms with Crippen molar-refractivity contribution < 1.29 is 4.74 Å². The van der Waals surface area contributed by atoms with Gasteiger partial charge in [0.25, 0.3) is 0 Å². The highest BCUT2D eigenvalue weighted by molar-refractivity contribution is 5.37. The van der Waals surface area contributed by atoms with Crippen LogP contribution in [-0.2, 0) is 0 Å². The average molecular weight is 275 g/mol. The summed E-state index contributed by atoms with van der Waals surface area (Å²) in [5, 5.41) is 15.2. The largest absolute Gasteiger partial charge is 0.491 e. The van der Waals surface area contributed by atoms with Gasteiger partial charge in [0.15, 0.2) is 5.82 Å². The van der Waals surface area contributed by atoms with Crippen LogP contribution in [0.2, 0.25) is 0 Å². The molecule has 0 aliphatic rings. The lowest BCUT2D eigenvalue weighted by atomic mass is 10.2.